The zero-order valence-corrected chi connectivity index (χ0v) is 4.50. The maximum Gasteiger partial charge on any atom is 0.257 e. The molecule has 0 rings (SSSR count). The molecule has 0 fully saturated rings. The summed E-state index contributed by atoms with van der Waals surface area (Å²) in [6.07, 6.45) is 2.82. The molecule has 0 aromatic rings. The van der Waals surface area contributed by atoms with Crippen molar-refractivity contribution in [2.45, 2.75) is 0 Å². The van der Waals surface area contributed by atoms with E-state index in [2.05, 4.69) is 4.99 Å². The van der Waals surface area contributed by atoms with Gasteiger partial charge in [-0.05, 0) is 6.26 Å². The molecule has 0 N–H and O–H groups in total. The summed E-state index contributed by atoms with van der Waals surface area (Å²) in [6.45, 7) is 0. The van der Waals surface area contributed by atoms with E-state index in [0.717, 1.165) is 11.8 Å². The van der Waals surface area contributed by atoms with Gasteiger partial charge in [0.25, 0.3) is 5.30 Å². The summed E-state index contributed by atoms with van der Waals surface area (Å²) in [4.78, 5) is 2.76. The van der Waals surface area contributed by atoms with Gasteiger partial charge in [-0.15, -0.1) is 4.99 Å². The van der Waals surface area contributed by atoms with Gasteiger partial charge in [-0.25, -0.2) is 0 Å². The summed E-state index contributed by atoms with van der Waals surface area (Å²) >= 11 is 0.810. The van der Waals surface area contributed by atoms with Gasteiger partial charge in [0, 0.05) is 0 Å². The van der Waals surface area contributed by atoms with E-state index >= 15 is 0 Å². The normalized spacial score (nSPS) is 10.7. The van der Waals surface area contributed by atoms with Crippen molar-refractivity contribution in [3.8, 4) is 6.19 Å². The second-order valence-electron chi connectivity index (χ2n) is 0.669. The largest absolute Gasteiger partial charge is 0.257 e. The lowest BCUT2D eigenvalue weighted by atomic mass is 11.3. The molecule has 0 aromatic carbocycles. The van der Waals surface area contributed by atoms with E-state index in [1.54, 1.807) is 0 Å². The molecule has 7 heavy (non-hydrogen) atoms. The Morgan fingerprint density at radius 2 is 2.57 bits per heavy atom. The summed E-state index contributed by atoms with van der Waals surface area (Å²) in [6, 6.07) is 0. The van der Waals surface area contributed by atoms with Crippen molar-refractivity contribution < 1.29 is 4.39 Å². The molecular weight excluding hydrogens is 115 g/mol. The predicted octanol–water partition coefficient (Wildman–Crippen LogP) is 1.16. The fraction of sp³-hybridized carbons (Fsp3) is 0.333. The van der Waals surface area contributed by atoms with Crippen LogP contribution in [0.25, 0.3) is 0 Å². The van der Waals surface area contributed by atoms with E-state index < -0.39 is 5.30 Å². The molecular formula is C3H3FN2S. The van der Waals surface area contributed by atoms with Crippen LogP contribution < -0.4 is 0 Å². The lowest BCUT2D eigenvalue weighted by molar-refractivity contribution is 0.831. The molecule has 4 heteroatoms. The van der Waals surface area contributed by atoms with Crippen molar-refractivity contribution in [2.24, 2.45) is 4.99 Å². The molecule has 0 aliphatic rings. The van der Waals surface area contributed by atoms with Crippen LogP contribution in [-0.4, -0.2) is 11.6 Å². The first-order chi connectivity index (χ1) is 3.31. The molecule has 2 nitrogen and oxygen atoms in total. The van der Waals surface area contributed by atoms with Crippen molar-refractivity contribution >= 4 is 17.1 Å². The van der Waals surface area contributed by atoms with Gasteiger partial charge in [-0.3, -0.25) is 0 Å². The summed E-state index contributed by atoms with van der Waals surface area (Å²) in [5, 5.41) is 6.98. The minimum atomic E-state index is -0.692. The van der Waals surface area contributed by atoms with Crippen LogP contribution in [0.3, 0.4) is 0 Å². The first-order valence-corrected chi connectivity index (χ1v) is 2.70. The van der Waals surface area contributed by atoms with E-state index in [0.29, 0.717) is 0 Å². The lowest BCUT2D eigenvalue weighted by Gasteiger charge is -1.76. The summed E-state index contributed by atoms with van der Waals surface area (Å²) in [5.41, 5.74) is 0. The fourth-order valence-corrected chi connectivity index (χ4v) is 0.217. The number of hydrogen-bond donors (Lipinski definition) is 0. The van der Waals surface area contributed by atoms with Gasteiger partial charge in [0.2, 0.25) is 6.19 Å². The molecule has 38 valence electrons. The first kappa shape index (κ1) is 6.44. The van der Waals surface area contributed by atoms with Gasteiger partial charge in [-0.2, -0.15) is 9.65 Å². The van der Waals surface area contributed by atoms with Crippen LogP contribution in [0.5, 0.6) is 0 Å². The molecule has 0 spiro atoms. The molecule has 0 aliphatic carbocycles. The van der Waals surface area contributed by atoms with Crippen LogP contribution in [0.15, 0.2) is 4.99 Å². The molecule has 0 amide bonds. The Kier molecular flexibility index (Phi) is 3.33. The minimum absolute atomic E-state index is 0.692. The van der Waals surface area contributed by atoms with Crippen LogP contribution in [-0.2, 0) is 0 Å². The third kappa shape index (κ3) is 3.27. The van der Waals surface area contributed by atoms with E-state index in [1.165, 1.54) is 12.4 Å². The summed E-state index contributed by atoms with van der Waals surface area (Å²) in [5.74, 6) is 0. The fourth-order valence-electron chi connectivity index (χ4n) is 0.0850. The van der Waals surface area contributed by atoms with Crippen LogP contribution in [0, 0.1) is 11.5 Å². The highest BCUT2D eigenvalue weighted by molar-refractivity contribution is 8.12. The van der Waals surface area contributed by atoms with Crippen LogP contribution >= 0.6 is 11.8 Å². The van der Waals surface area contributed by atoms with Crippen LogP contribution in [0.2, 0.25) is 0 Å². The highest BCUT2D eigenvalue weighted by Gasteiger charge is 1.85. The van der Waals surface area contributed by atoms with E-state index in [-0.39, 0.29) is 0 Å². The molecule has 0 aliphatic heterocycles. The maximum absolute atomic E-state index is 11.6. The van der Waals surface area contributed by atoms with Gasteiger partial charge in [-0.1, -0.05) is 11.8 Å². The monoisotopic (exact) mass is 118 g/mol. The van der Waals surface area contributed by atoms with Crippen molar-refractivity contribution in [1.29, 1.82) is 5.26 Å². The predicted molar refractivity (Wildman–Crippen MR) is 27.7 cm³/mol. The van der Waals surface area contributed by atoms with Gasteiger partial charge in [0.15, 0.2) is 0 Å². The Bertz CT molecular complexity index is 115. The van der Waals surface area contributed by atoms with Gasteiger partial charge >= 0.3 is 0 Å². The van der Waals surface area contributed by atoms with Crippen molar-refractivity contribution in [1.82, 2.24) is 0 Å². The molecule has 0 radical (unpaired) electrons. The quantitative estimate of drug-likeness (QED) is 0.272. The molecule has 0 saturated carbocycles. The number of aliphatic imine (C=N–C) groups is 1. The second-order valence-corrected chi connectivity index (χ2v) is 1.41. The Labute approximate surface area is 45.0 Å². The first-order valence-electron chi connectivity index (χ1n) is 1.47. The molecule has 0 unspecified atom stereocenters. The number of hydrogen-bond acceptors (Lipinski definition) is 3. The van der Waals surface area contributed by atoms with E-state index in [1.807, 2.05) is 0 Å². The van der Waals surface area contributed by atoms with Gasteiger partial charge in [0.1, 0.15) is 0 Å². The SMILES string of the molecule is CSC(F)=NC#N. The molecule has 0 bridgehead atoms. The highest BCUT2D eigenvalue weighted by atomic mass is 32.2. The van der Waals surface area contributed by atoms with Crippen LogP contribution in [0.4, 0.5) is 4.39 Å². The summed E-state index contributed by atoms with van der Waals surface area (Å²) in [7, 11) is 0. The minimum Gasteiger partial charge on any atom is -0.176 e. The molecule has 0 atom stereocenters. The van der Waals surface area contributed by atoms with Gasteiger partial charge < -0.3 is 0 Å². The lowest BCUT2D eigenvalue weighted by Crippen LogP contribution is -1.72. The third-order valence-electron chi connectivity index (χ3n) is 0.306. The van der Waals surface area contributed by atoms with Crippen molar-refractivity contribution in [2.75, 3.05) is 6.26 Å². The standard InChI is InChI=1S/C3H3FN2S/c1-7-3(4)6-2-5/h1H3. The third-order valence-corrected chi connectivity index (χ3v) is 0.735. The average molecular weight is 118 g/mol. The topological polar surface area (TPSA) is 36.1 Å². The van der Waals surface area contributed by atoms with E-state index in [4.69, 9.17) is 5.26 Å². The molecule has 0 aromatic heterocycles. The number of thioether (sulfide) groups is 1. The zero-order chi connectivity index (χ0) is 5.70. The zero-order valence-electron chi connectivity index (χ0n) is 3.68. The molecule has 0 saturated heterocycles. The number of halogens is 1. The number of rotatable bonds is 0. The van der Waals surface area contributed by atoms with Crippen molar-refractivity contribution in [3.05, 3.63) is 0 Å². The van der Waals surface area contributed by atoms with Crippen LogP contribution in [0.1, 0.15) is 0 Å². The molecule has 0 heterocycles. The Balaban J connectivity index is 3.56. The smallest absolute Gasteiger partial charge is 0.176 e. The Hall–Kier alpha value is -0.560. The van der Waals surface area contributed by atoms with Gasteiger partial charge in [0.05, 0.1) is 0 Å². The summed E-state index contributed by atoms with van der Waals surface area (Å²) < 4.78 is 11.6. The average Bonchev–Trinajstić information content (AvgIpc) is 1.68. The van der Waals surface area contributed by atoms with Crippen molar-refractivity contribution in [3.63, 3.8) is 0 Å². The number of nitrogens with zero attached hydrogens (tertiary/aromatic N) is 2. The second kappa shape index (κ2) is 3.62. The Morgan fingerprint density at radius 1 is 2.00 bits per heavy atom. The highest BCUT2D eigenvalue weighted by Crippen LogP contribution is 1.96. The van der Waals surface area contributed by atoms with E-state index in [9.17, 15) is 4.39 Å². The Morgan fingerprint density at radius 3 is 2.71 bits per heavy atom. The number of nitriles is 1. The maximum atomic E-state index is 11.6.